The fraction of sp³-hybridized carbons (Fsp3) is 0.500. The molecule has 18 heavy (non-hydrogen) atoms. The highest BCUT2D eigenvalue weighted by molar-refractivity contribution is 8.12. The van der Waals surface area contributed by atoms with Crippen LogP contribution in [-0.4, -0.2) is 45.5 Å². The van der Waals surface area contributed by atoms with Gasteiger partial charge in [0.1, 0.15) is 5.75 Å². The van der Waals surface area contributed by atoms with Gasteiger partial charge in [0.15, 0.2) is 0 Å². The molecule has 0 aliphatic carbocycles. The fourth-order valence-electron chi connectivity index (χ4n) is 1.64. The number of nitrogens with zero attached hydrogens (tertiary/aromatic N) is 1. The first-order valence-electron chi connectivity index (χ1n) is 5.72. The molecule has 1 aromatic rings. The second kappa shape index (κ2) is 6.68. The summed E-state index contributed by atoms with van der Waals surface area (Å²) < 4.78 is 7.15. The highest BCUT2D eigenvalue weighted by atomic mass is 32.2. The molecule has 0 radical (unpaired) electrons. The summed E-state index contributed by atoms with van der Waals surface area (Å²) in [5.74, 6) is 1.71. The molecule has 2 N–H and O–H groups in total. The third kappa shape index (κ3) is 3.55. The number of rotatable bonds is 5. The number of hydrogen-bond donors (Lipinski definition) is 2. The van der Waals surface area contributed by atoms with Crippen LogP contribution in [0.3, 0.4) is 0 Å². The molecule has 2 atom stereocenters. The number of aliphatic hydroxyl groups is 2. The van der Waals surface area contributed by atoms with Gasteiger partial charge in [0, 0.05) is 12.3 Å². The first-order chi connectivity index (χ1) is 8.72. The predicted octanol–water partition coefficient (Wildman–Crippen LogP) is 1.53. The molecule has 1 aromatic carbocycles. The Balaban J connectivity index is 1.81. The van der Waals surface area contributed by atoms with E-state index in [1.807, 2.05) is 28.0 Å². The van der Waals surface area contributed by atoms with E-state index in [-0.39, 0.29) is 11.9 Å². The van der Waals surface area contributed by atoms with E-state index in [2.05, 4.69) is 0 Å². The number of ether oxygens (including phenoxy) is 1. The molecule has 0 unspecified atom stereocenters. The summed E-state index contributed by atoms with van der Waals surface area (Å²) >= 11 is 3.18. The minimum Gasteiger partial charge on any atom is -0.497 e. The Hall–Kier alpha value is -0.400. The molecule has 0 spiro atoms. The van der Waals surface area contributed by atoms with Crippen LogP contribution in [0.4, 0.5) is 0 Å². The average Bonchev–Trinajstić information content (AvgIpc) is 2.77. The van der Waals surface area contributed by atoms with Crippen molar-refractivity contribution in [3.63, 3.8) is 0 Å². The highest BCUT2D eigenvalue weighted by Gasteiger charge is 2.32. The third-order valence-corrected chi connectivity index (χ3v) is 5.32. The van der Waals surface area contributed by atoms with Crippen LogP contribution in [0.5, 0.6) is 5.75 Å². The maximum Gasteiger partial charge on any atom is 0.118 e. The minimum atomic E-state index is -0.441. The van der Waals surface area contributed by atoms with Gasteiger partial charge in [-0.3, -0.25) is 0 Å². The van der Waals surface area contributed by atoms with Crippen molar-refractivity contribution in [2.24, 2.45) is 0 Å². The molecule has 0 aromatic heterocycles. The van der Waals surface area contributed by atoms with Crippen molar-refractivity contribution in [3.05, 3.63) is 29.8 Å². The lowest BCUT2D eigenvalue weighted by molar-refractivity contribution is 0.147. The Morgan fingerprint density at radius 3 is 2.72 bits per heavy atom. The van der Waals surface area contributed by atoms with E-state index in [4.69, 9.17) is 9.84 Å². The Morgan fingerprint density at radius 1 is 1.44 bits per heavy atom. The van der Waals surface area contributed by atoms with Crippen LogP contribution in [0, 0.1) is 0 Å². The molecule has 1 saturated heterocycles. The number of benzene rings is 1. The normalized spacial score (nSPS) is 24.4. The first-order valence-corrected chi connectivity index (χ1v) is 7.50. The molecule has 0 saturated carbocycles. The lowest BCUT2D eigenvalue weighted by atomic mass is 10.2. The molecule has 1 fully saturated rings. The van der Waals surface area contributed by atoms with Gasteiger partial charge in [-0.05, 0) is 17.7 Å². The van der Waals surface area contributed by atoms with Crippen LogP contribution in [-0.2, 0) is 5.75 Å². The predicted molar refractivity (Wildman–Crippen MR) is 75.5 cm³/mol. The smallest absolute Gasteiger partial charge is 0.118 e. The summed E-state index contributed by atoms with van der Waals surface area (Å²) in [5, 5.41) is 18.6. The molecule has 100 valence electrons. The largest absolute Gasteiger partial charge is 0.497 e. The van der Waals surface area contributed by atoms with Gasteiger partial charge in [0.2, 0.25) is 0 Å². The summed E-state index contributed by atoms with van der Waals surface area (Å²) in [5.41, 5.74) is 1.21. The standard InChI is InChI=1S/C12H17NO3S2/c1-16-10-4-2-9(3-5-10)8-17-13-6-11(15)12(7-14)18-13/h2-5,11-12,14-15H,6-8H2,1H3/t11-,12+/m0/s1. The zero-order chi connectivity index (χ0) is 13.0. The van der Waals surface area contributed by atoms with Crippen LogP contribution in [0.15, 0.2) is 24.3 Å². The van der Waals surface area contributed by atoms with E-state index in [1.54, 1.807) is 19.1 Å². The van der Waals surface area contributed by atoms with Gasteiger partial charge >= 0.3 is 0 Å². The Morgan fingerprint density at radius 2 is 2.17 bits per heavy atom. The lowest BCUT2D eigenvalue weighted by Gasteiger charge is -2.12. The summed E-state index contributed by atoms with van der Waals surface area (Å²) in [4.78, 5) is 0. The van der Waals surface area contributed by atoms with E-state index >= 15 is 0 Å². The van der Waals surface area contributed by atoms with Gasteiger partial charge in [0.25, 0.3) is 0 Å². The molecule has 1 heterocycles. The monoisotopic (exact) mass is 287 g/mol. The van der Waals surface area contributed by atoms with Gasteiger partial charge in [-0.2, -0.15) is 3.71 Å². The highest BCUT2D eigenvalue weighted by Crippen LogP contribution is 2.36. The molecule has 0 bridgehead atoms. The van der Waals surface area contributed by atoms with Gasteiger partial charge in [-0.25, -0.2) is 0 Å². The molecule has 2 rings (SSSR count). The lowest BCUT2D eigenvalue weighted by Crippen LogP contribution is -2.23. The van der Waals surface area contributed by atoms with Crippen LogP contribution in [0.25, 0.3) is 0 Å². The van der Waals surface area contributed by atoms with Crippen molar-refractivity contribution < 1.29 is 14.9 Å². The quantitative estimate of drug-likeness (QED) is 0.801. The van der Waals surface area contributed by atoms with Crippen molar-refractivity contribution in [2.45, 2.75) is 17.1 Å². The average molecular weight is 287 g/mol. The van der Waals surface area contributed by atoms with E-state index in [0.717, 1.165) is 11.5 Å². The molecular weight excluding hydrogens is 270 g/mol. The fourth-order valence-corrected chi connectivity index (χ4v) is 3.95. The number of hydrogen-bond acceptors (Lipinski definition) is 6. The summed E-state index contributed by atoms with van der Waals surface area (Å²) in [6.07, 6.45) is -0.441. The maximum absolute atomic E-state index is 9.67. The molecule has 6 heteroatoms. The van der Waals surface area contributed by atoms with Crippen molar-refractivity contribution >= 4 is 23.9 Å². The first kappa shape index (κ1) is 14.0. The molecule has 0 amide bonds. The summed E-state index contributed by atoms with van der Waals surface area (Å²) in [6, 6.07) is 7.95. The maximum atomic E-state index is 9.67. The Bertz CT molecular complexity index is 374. The number of β-amino-alcohol motifs (C(OH)–C–C–N with tert-alkyl or cyclic N) is 1. The second-order valence-electron chi connectivity index (χ2n) is 4.03. The van der Waals surface area contributed by atoms with Crippen LogP contribution < -0.4 is 4.74 Å². The van der Waals surface area contributed by atoms with Gasteiger partial charge < -0.3 is 14.9 Å². The van der Waals surface area contributed by atoms with Crippen molar-refractivity contribution in [3.8, 4) is 5.75 Å². The van der Waals surface area contributed by atoms with Gasteiger partial charge in [0.05, 0.1) is 25.1 Å². The van der Waals surface area contributed by atoms with E-state index in [0.29, 0.717) is 6.54 Å². The van der Waals surface area contributed by atoms with Crippen LogP contribution in [0.2, 0.25) is 0 Å². The van der Waals surface area contributed by atoms with Crippen molar-refractivity contribution in [1.29, 1.82) is 0 Å². The van der Waals surface area contributed by atoms with Crippen LogP contribution in [0.1, 0.15) is 5.56 Å². The summed E-state index contributed by atoms with van der Waals surface area (Å²) in [6.45, 7) is 0.613. The topological polar surface area (TPSA) is 52.9 Å². The van der Waals surface area contributed by atoms with E-state index < -0.39 is 6.10 Å². The zero-order valence-electron chi connectivity index (χ0n) is 10.2. The number of aliphatic hydroxyl groups excluding tert-OH is 2. The summed E-state index contributed by atoms with van der Waals surface area (Å²) in [7, 11) is 1.65. The van der Waals surface area contributed by atoms with Gasteiger partial charge in [-0.15, -0.1) is 0 Å². The molecule has 1 aliphatic heterocycles. The van der Waals surface area contributed by atoms with Crippen molar-refractivity contribution in [2.75, 3.05) is 20.3 Å². The van der Waals surface area contributed by atoms with E-state index in [9.17, 15) is 5.11 Å². The second-order valence-corrected chi connectivity index (χ2v) is 6.51. The third-order valence-electron chi connectivity index (χ3n) is 2.73. The molecular formula is C12H17NO3S2. The van der Waals surface area contributed by atoms with Crippen molar-refractivity contribution in [1.82, 2.24) is 3.71 Å². The SMILES string of the molecule is COc1ccc(CSN2C[C@H](O)[C@@H](CO)S2)cc1. The molecule has 1 aliphatic rings. The van der Waals surface area contributed by atoms with Crippen LogP contribution >= 0.6 is 23.9 Å². The van der Waals surface area contributed by atoms with E-state index in [1.165, 1.54) is 17.5 Å². The minimum absolute atomic E-state index is 0.0193. The zero-order valence-corrected chi connectivity index (χ0v) is 11.8. The Kier molecular flexibility index (Phi) is 5.20. The molecule has 4 nitrogen and oxygen atoms in total. The number of methoxy groups -OCH3 is 1. The Labute approximate surface area is 116 Å². The van der Waals surface area contributed by atoms with Gasteiger partial charge in [-0.1, -0.05) is 36.0 Å².